The number of aryl methyl sites for hydroxylation is 1. The lowest BCUT2D eigenvalue weighted by Gasteiger charge is -2.33. The molecular weight excluding hydrogens is 218 g/mol. The maximum atomic E-state index is 3.55. The Hall–Kier alpha value is -0.820. The average Bonchev–Trinajstić information content (AvgIpc) is 2.38. The zero-order valence-electron chi connectivity index (χ0n) is 12.1. The van der Waals surface area contributed by atoms with Crippen LogP contribution in [0.4, 0.5) is 0 Å². The van der Waals surface area contributed by atoms with Crippen molar-refractivity contribution in [3.05, 3.63) is 35.4 Å². The molecule has 0 spiro atoms. The first-order valence-corrected chi connectivity index (χ1v) is 7.47. The minimum atomic E-state index is 0.571. The van der Waals surface area contributed by atoms with E-state index >= 15 is 0 Å². The molecule has 0 saturated heterocycles. The number of nitrogens with one attached hydrogen (secondary N) is 1. The third kappa shape index (κ3) is 3.14. The number of rotatable bonds is 5. The van der Waals surface area contributed by atoms with E-state index in [9.17, 15) is 0 Å². The third-order valence-corrected chi connectivity index (χ3v) is 4.31. The van der Waals surface area contributed by atoms with Crippen LogP contribution in [0.5, 0.6) is 0 Å². The van der Waals surface area contributed by atoms with E-state index in [0.717, 1.165) is 11.8 Å². The van der Waals surface area contributed by atoms with Crippen LogP contribution in [-0.4, -0.2) is 7.05 Å². The fraction of sp³-hybridized carbons (Fsp3) is 0.647. The topological polar surface area (TPSA) is 12.0 Å². The molecule has 1 aliphatic carbocycles. The van der Waals surface area contributed by atoms with Gasteiger partial charge in [-0.15, -0.1) is 0 Å². The molecule has 100 valence electrons. The molecule has 2 atom stereocenters. The van der Waals surface area contributed by atoms with E-state index < -0.39 is 0 Å². The summed E-state index contributed by atoms with van der Waals surface area (Å²) in [6.45, 7) is 4.65. The molecule has 0 radical (unpaired) electrons. The molecule has 0 bridgehead atoms. The highest BCUT2D eigenvalue weighted by Crippen LogP contribution is 2.37. The van der Waals surface area contributed by atoms with Gasteiger partial charge in [0.05, 0.1) is 0 Å². The van der Waals surface area contributed by atoms with Gasteiger partial charge < -0.3 is 5.32 Å². The lowest BCUT2D eigenvalue weighted by atomic mass is 9.77. The van der Waals surface area contributed by atoms with Crippen LogP contribution in [0.15, 0.2) is 24.3 Å². The fourth-order valence-electron chi connectivity index (χ4n) is 3.32. The number of fused-ring (bicyclic) bond motifs is 1. The highest BCUT2D eigenvalue weighted by atomic mass is 14.9. The second-order valence-corrected chi connectivity index (χ2v) is 6.09. The molecular formula is C17H27N. The van der Waals surface area contributed by atoms with Crippen molar-refractivity contribution >= 4 is 0 Å². The summed E-state index contributed by atoms with van der Waals surface area (Å²) in [6.07, 6.45) is 6.73. The number of hydrogen-bond acceptors (Lipinski definition) is 1. The monoisotopic (exact) mass is 245 g/mol. The quantitative estimate of drug-likeness (QED) is 0.814. The molecule has 0 heterocycles. The lowest BCUT2D eigenvalue weighted by molar-refractivity contribution is 0.302. The first kappa shape index (κ1) is 13.6. The smallest absolute Gasteiger partial charge is 0.0349 e. The van der Waals surface area contributed by atoms with Crippen molar-refractivity contribution in [1.29, 1.82) is 0 Å². The van der Waals surface area contributed by atoms with Crippen LogP contribution in [-0.2, 0) is 6.42 Å². The van der Waals surface area contributed by atoms with Gasteiger partial charge in [0.25, 0.3) is 0 Å². The molecule has 2 unspecified atom stereocenters. The summed E-state index contributed by atoms with van der Waals surface area (Å²) in [5, 5.41) is 3.55. The van der Waals surface area contributed by atoms with Gasteiger partial charge in [-0.2, -0.15) is 0 Å². The Morgan fingerprint density at radius 1 is 1.28 bits per heavy atom. The molecule has 1 aromatic carbocycles. The molecule has 1 nitrogen and oxygen atoms in total. The molecule has 0 saturated carbocycles. The summed E-state index contributed by atoms with van der Waals surface area (Å²) in [7, 11) is 2.11. The fourth-order valence-corrected chi connectivity index (χ4v) is 3.32. The van der Waals surface area contributed by atoms with Crippen molar-refractivity contribution in [3.8, 4) is 0 Å². The molecule has 1 aromatic rings. The van der Waals surface area contributed by atoms with Crippen molar-refractivity contribution in [2.75, 3.05) is 7.05 Å². The van der Waals surface area contributed by atoms with Crippen LogP contribution in [0.3, 0.4) is 0 Å². The Kier molecular flexibility index (Phi) is 4.82. The predicted octanol–water partition coefficient (Wildman–Crippen LogP) is 4.34. The highest BCUT2D eigenvalue weighted by molar-refractivity contribution is 5.32. The van der Waals surface area contributed by atoms with Gasteiger partial charge in [-0.25, -0.2) is 0 Å². The normalized spacial score (nSPS) is 23.1. The minimum Gasteiger partial charge on any atom is -0.313 e. The minimum absolute atomic E-state index is 0.571. The molecule has 0 fully saturated rings. The molecule has 2 rings (SSSR count). The number of benzene rings is 1. The SMILES string of the molecule is CNC1c2ccccc2CCC1CCCC(C)C. The van der Waals surface area contributed by atoms with E-state index in [1.807, 2.05) is 0 Å². The first-order chi connectivity index (χ1) is 8.72. The van der Waals surface area contributed by atoms with Crippen LogP contribution in [0.1, 0.15) is 56.7 Å². The lowest BCUT2D eigenvalue weighted by Crippen LogP contribution is -2.30. The zero-order chi connectivity index (χ0) is 13.0. The van der Waals surface area contributed by atoms with E-state index in [1.54, 1.807) is 11.1 Å². The van der Waals surface area contributed by atoms with Gasteiger partial charge in [-0.05, 0) is 49.3 Å². The van der Waals surface area contributed by atoms with E-state index in [0.29, 0.717) is 6.04 Å². The van der Waals surface area contributed by atoms with Gasteiger partial charge in [0, 0.05) is 6.04 Å². The largest absolute Gasteiger partial charge is 0.313 e. The summed E-state index contributed by atoms with van der Waals surface area (Å²) in [5.41, 5.74) is 3.10. The van der Waals surface area contributed by atoms with E-state index in [1.165, 1.54) is 32.1 Å². The summed E-state index contributed by atoms with van der Waals surface area (Å²) in [6, 6.07) is 9.53. The van der Waals surface area contributed by atoms with Crippen molar-refractivity contribution < 1.29 is 0 Å². The van der Waals surface area contributed by atoms with Crippen LogP contribution >= 0.6 is 0 Å². The Labute approximate surface area is 112 Å². The molecule has 1 heteroatoms. The maximum Gasteiger partial charge on any atom is 0.0349 e. The standard InChI is InChI=1S/C17H27N/c1-13(2)7-6-9-15-12-11-14-8-4-5-10-16(14)17(15)18-3/h4-5,8,10,13,15,17-18H,6-7,9,11-12H2,1-3H3. The van der Waals surface area contributed by atoms with Gasteiger partial charge in [-0.3, -0.25) is 0 Å². The van der Waals surface area contributed by atoms with Crippen molar-refractivity contribution in [1.82, 2.24) is 5.32 Å². The second kappa shape index (κ2) is 6.38. The predicted molar refractivity (Wildman–Crippen MR) is 78.7 cm³/mol. The van der Waals surface area contributed by atoms with E-state index in [-0.39, 0.29) is 0 Å². The van der Waals surface area contributed by atoms with Crippen LogP contribution in [0.2, 0.25) is 0 Å². The first-order valence-electron chi connectivity index (χ1n) is 7.47. The van der Waals surface area contributed by atoms with Gasteiger partial charge in [0.15, 0.2) is 0 Å². The summed E-state index contributed by atoms with van der Waals surface area (Å²) in [4.78, 5) is 0. The summed E-state index contributed by atoms with van der Waals surface area (Å²) < 4.78 is 0. The molecule has 18 heavy (non-hydrogen) atoms. The second-order valence-electron chi connectivity index (χ2n) is 6.09. The van der Waals surface area contributed by atoms with E-state index in [2.05, 4.69) is 50.5 Å². The Morgan fingerprint density at radius 2 is 2.06 bits per heavy atom. The van der Waals surface area contributed by atoms with Gasteiger partial charge >= 0.3 is 0 Å². The third-order valence-electron chi connectivity index (χ3n) is 4.31. The van der Waals surface area contributed by atoms with Crippen LogP contribution in [0.25, 0.3) is 0 Å². The molecule has 0 amide bonds. The summed E-state index contributed by atoms with van der Waals surface area (Å²) in [5.74, 6) is 1.66. The zero-order valence-corrected chi connectivity index (χ0v) is 12.1. The molecule has 0 aromatic heterocycles. The van der Waals surface area contributed by atoms with Gasteiger partial charge in [0.1, 0.15) is 0 Å². The Morgan fingerprint density at radius 3 is 2.78 bits per heavy atom. The average molecular weight is 245 g/mol. The molecule has 1 aliphatic rings. The highest BCUT2D eigenvalue weighted by Gasteiger charge is 2.27. The van der Waals surface area contributed by atoms with Crippen molar-refractivity contribution in [3.63, 3.8) is 0 Å². The molecule has 1 N–H and O–H groups in total. The maximum absolute atomic E-state index is 3.55. The van der Waals surface area contributed by atoms with Crippen LogP contribution < -0.4 is 5.32 Å². The van der Waals surface area contributed by atoms with Crippen molar-refractivity contribution in [2.24, 2.45) is 11.8 Å². The Balaban J connectivity index is 2.01. The van der Waals surface area contributed by atoms with Gasteiger partial charge in [0.2, 0.25) is 0 Å². The van der Waals surface area contributed by atoms with Crippen LogP contribution in [0, 0.1) is 11.8 Å². The van der Waals surface area contributed by atoms with Gasteiger partial charge in [-0.1, -0.05) is 51.0 Å². The number of hydrogen-bond donors (Lipinski definition) is 1. The summed E-state index contributed by atoms with van der Waals surface area (Å²) >= 11 is 0. The van der Waals surface area contributed by atoms with E-state index in [4.69, 9.17) is 0 Å². The van der Waals surface area contributed by atoms with Crippen molar-refractivity contribution in [2.45, 2.75) is 52.0 Å². The Bertz CT molecular complexity index is 370. The molecule has 0 aliphatic heterocycles.